The van der Waals surface area contributed by atoms with E-state index in [4.69, 9.17) is 10.5 Å². The lowest BCUT2D eigenvalue weighted by Crippen LogP contribution is -2.12. The highest BCUT2D eigenvalue weighted by atomic mass is 19.3. The fraction of sp³-hybridized carbons (Fsp3) is 0.455. The topological polar surface area (TPSA) is 65.2 Å². The number of hydrogen-bond donors (Lipinski definition) is 1. The number of ether oxygens (including phenoxy) is 1. The van der Waals surface area contributed by atoms with Crippen LogP contribution < -0.4 is 5.73 Å². The van der Waals surface area contributed by atoms with Crippen molar-refractivity contribution in [2.45, 2.75) is 26.7 Å². The Morgan fingerprint density at radius 2 is 2.24 bits per heavy atom. The van der Waals surface area contributed by atoms with Gasteiger partial charge in [-0.2, -0.15) is 0 Å². The Balaban J connectivity index is 2.99. The van der Waals surface area contributed by atoms with Crippen LogP contribution >= 0.6 is 0 Å². The molecular formula is C11H14F2N2O2. The Bertz CT molecular complexity index is 422. The van der Waals surface area contributed by atoms with E-state index in [9.17, 15) is 13.6 Å². The van der Waals surface area contributed by atoms with Crippen LogP contribution in [0.1, 0.15) is 30.3 Å². The minimum Gasteiger partial charge on any atom is -0.466 e. The third-order valence-electron chi connectivity index (χ3n) is 2.20. The number of nitrogen functional groups attached to an aromatic ring is 1. The second-order valence-corrected chi connectivity index (χ2v) is 3.51. The zero-order chi connectivity index (χ0) is 13.0. The molecule has 1 rings (SSSR count). The third kappa shape index (κ3) is 3.37. The van der Waals surface area contributed by atoms with E-state index in [1.807, 2.05) is 0 Å². The number of carbonyl (C=O) groups excluding carboxylic acids is 1. The minimum absolute atomic E-state index is 0.0647. The van der Waals surface area contributed by atoms with Crippen LogP contribution in [0.15, 0.2) is 6.07 Å². The molecule has 1 aromatic rings. The van der Waals surface area contributed by atoms with Gasteiger partial charge in [-0.05, 0) is 25.5 Å². The summed E-state index contributed by atoms with van der Waals surface area (Å²) in [6.07, 6.45) is -2.88. The lowest BCUT2D eigenvalue weighted by atomic mass is 10.1. The molecule has 0 amide bonds. The summed E-state index contributed by atoms with van der Waals surface area (Å²) in [4.78, 5) is 15.0. The van der Waals surface area contributed by atoms with Gasteiger partial charge in [0.25, 0.3) is 6.43 Å². The van der Waals surface area contributed by atoms with Crippen molar-refractivity contribution >= 4 is 11.7 Å². The molecule has 0 aromatic carbocycles. The molecule has 0 saturated carbocycles. The van der Waals surface area contributed by atoms with E-state index in [1.54, 1.807) is 13.8 Å². The highest BCUT2D eigenvalue weighted by Crippen LogP contribution is 2.25. The fourth-order valence-corrected chi connectivity index (χ4v) is 1.39. The number of nitrogens with two attached hydrogens (primary N) is 1. The number of aromatic nitrogens is 1. The molecule has 17 heavy (non-hydrogen) atoms. The quantitative estimate of drug-likeness (QED) is 0.823. The molecule has 0 aliphatic carbocycles. The molecule has 0 unspecified atom stereocenters. The molecule has 0 saturated heterocycles. The monoisotopic (exact) mass is 244 g/mol. The lowest BCUT2D eigenvalue weighted by molar-refractivity contribution is -0.142. The van der Waals surface area contributed by atoms with E-state index in [2.05, 4.69) is 4.98 Å². The Kier molecular flexibility index (Phi) is 4.37. The number of carbonyl (C=O) groups is 1. The first-order chi connectivity index (χ1) is 7.95. The lowest BCUT2D eigenvalue weighted by Gasteiger charge is -2.10. The molecule has 0 fully saturated rings. The van der Waals surface area contributed by atoms with Crippen molar-refractivity contribution in [2.24, 2.45) is 0 Å². The Morgan fingerprint density at radius 3 is 2.76 bits per heavy atom. The minimum atomic E-state index is -2.75. The maximum Gasteiger partial charge on any atom is 0.311 e. The van der Waals surface area contributed by atoms with Gasteiger partial charge < -0.3 is 10.5 Å². The van der Waals surface area contributed by atoms with Crippen molar-refractivity contribution in [2.75, 3.05) is 12.3 Å². The average Bonchev–Trinajstić information content (AvgIpc) is 2.21. The zero-order valence-electron chi connectivity index (χ0n) is 9.67. The molecule has 4 nitrogen and oxygen atoms in total. The van der Waals surface area contributed by atoms with Crippen molar-refractivity contribution in [1.82, 2.24) is 4.98 Å². The second kappa shape index (κ2) is 5.56. The summed E-state index contributed by atoms with van der Waals surface area (Å²) in [6, 6.07) is 1.39. The number of rotatable bonds is 4. The summed E-state index contributed by atoms with van der Waals surface area (Å²) in [5.74, 6) is -0.493. The molecule has 1 aromatic heterocycles. The van der Waals surface area contributed by atoms with Gasteiger partial charge in [0.1, 0.15) is 5.69 Å². The van der Waals surface area contributed by atoms with E-state index in [0.717, 1.165) is 0 Å². The number of esters is 1. The summed E-state index contributed by atoms with van der Waals surface area (Å²) in [6.45, 7) is 3.58. The number of alkyl halides is 2. The van der Waals surface area contributed by atoms with Crippen molar-refractivity contribution in [3.63, 3.8) is 0 Å². The van der Waals surface area contributed by atoms with Crippen molar-refractivity contribution in [3.8, 4) is 0 Å². The molecule has 0 aliphatic heterocycles. The first-order valence-corrected chi connectivity index (χ1v) is 5.15. The van der Waals surface area contributed by atoms with Gasteiger partial charge in [0.2, 0.25) is 0 Å². The van der Waals surface area contributed by atoms with E-state index in [-0.39, 0.29) is 24.4 Å². The van der Waals surface area contributed by atoms with Crippen LogP contribution in [-0.4, -0.2) is 17.6 Å². The van der Waals surface area contributed by atoms with Crippen LogP contribution in [0.5, 0.6) is 0 Å². The number of hydrogen-bond acceptors (Lipinski definition) is 4. The number of nitrogens with zero attached hydrogens (tertiary/aromatic N) is 1. The molecule has 0 spiro atoms. The Morgan fingerprint density at radius 1 is 1.59 bits per heavy atom. The third-order valence-corrected chi connectivity index (χ3v) is 2.20. The fourth-order valence-electron chi connectivity index (χ4n) is 1.39. The largest absolute Gasteiger partial charge is 0.466 e. The summed E-state index contributed by atoms with van der Waals surface area (Å²) in [5, 5.41) is 0. The van der Waals surface area contributed by atoms with E-state index >= 15 is 0 Å². The van der Waals surface area contributed by atoms with Gasteiger partial charge in [-0.15, -0.1) is 0 Å². The Labute approximate surface area is 97.8 Å². The molecular weight excluding hydrogens is 230 g/mol. The number of halogens is 2. The van der Waals surface area contributed by atoms with Gasteiger partial charge in [-0.1, -0.05) is 0 Å². The van der Waals surface area contributed by atoms with Gasteiger partial charge >= 0.3 is 5.97 Å². The smallest absolute Gasteiger partial charge is 0.311 e. The first-order valence-electron chi connectivity index (χ1n) is 5.15. The molecule has 2 N–H and O–H groups in total. The van der Waals surface area contributed by atoms with Crippen LogP contribution in [0.2, 0.25) is 0 Å². The van der Waals surface area contributed by atoms with Gasteiger partial charge in [0.15, 0.2) is 0 Å². The van der Waals surface area contributed by atoms with Crippen LogP contribution in [0.4, 0.5) is 14.5 Å². The van der Waals surface area contributed by atoms with Gasteiger partial charge in [-0.25, -0.2) is 13.8 Å². The summed E-state index contributed by atoms with van der Waals surface area (Å²) >= 11 is 0. The highest BCUT2D eigenvalue weighted by Gasteiger charge is 2.17. The summed E-state index contributed by atoms with van der Waals surface area (Å²) in [5.41, 5.74) is 5.73. The van der Waals surface area contributed by atoms with E-state index in [1.165, 1.54) is 6.07 Å². The predicted molar refractivity (Wildman–Crippen MR) is 58.7 cm³/mol. The van der Waals surface area contributed by atoms with E-state index < -0.39 is 18.1 Å². The maximum atomic E-state index is 12.6. The highest BCUT2D eigenvalue weighted by molar-refractivity contribution is 5.72. The van der Waals surface area contributed by atoms with Gasteiger partial charge in [0.05, 0.1) is 24.4 Å². The van der Waals surface area contributed by atoms with E-state index in [0.29, 0.717) is 5.56 Å². The number of anilines is 1. The number of aryl methyl sites for hydroxylation is 1. The second-order valence-electron chi connectivity index (χ2n) is 3.51. The van der Waals surface area contributed by atoms with Crippen LogP contribution in [-0.2, 0) is 16.0 Å². The summed E-state index contributed by atoms with van der Waals surface area (Å²) in [7, 11) is 0. The maximum absolute atomic E-state index is 12.6. The molecule has 0 atom stereocenters. The van der Waals surface area contributed by atoms with Crippen LogP contribution in [0.25, 0.3) is 0 Å². The zero-order valence-corrected chi connectivity index (χ0v) is 9.67. The standard InChI is InChI=1S/C11H14F2N2O2/c1-3-17-9(16)5-8-6(2)4-7(14)10(15-8)11(12)13/h4,11H,3,5,14H2,1-2H3. The normalized spacial score (nSPS) is 10.6. The summed E-state index contributed by atoms with van der Waals surface area (Å²) < 4.78 is 29.9. The molecule has 6 heteroatoms. The van der Waals surface area contributed by atoms with Crippen LogP contribution in [0, 0.1) is 6.92 Å². The SMILES string of the molecule is CCOC(=O)Cc1nc(C(F)F)c(N)cc1C. The molecule has 1 heterocycles. The number of pyridine rings is 1. The predicted octanol–water partition coefficient (Wildman–Crippen LogP) is 2.02. The average molecular weight is 244 g/mol. The van der Waals surface area contributed by atoms with Gasteiger partial charge in [-0.3, -0.25) is 4.79 Å². The molecule has 0 aliphatic rings. The molecule has 0 bridgehead atoms. The van der Waals surface area contributed by atoms with Crippen molar-refractivity contribution in [3.05, 3.63) is 23.0 Å². The first kappa shape index (κ1) is 13.3. The van der Waals surface area contributed by atoms with Crippen molar-refractivity contribution in [1.29, 1.82) is 0 Å². The van der Waals surface area contributed by atoms with Gasteiger partial charge in [0, 0.05) is 0 Å². The van der Waals surface area contributed by atoms with Crippen LogP contribution in [0.3, 0.4) is 0 Å². The molecule has 0 radical (unpaired) electrons. The van der Waals surface area contributed by atoms with Crippen molar-refractivity contribution < 1.29 is 18.3 Å². The molecule has 94 valence electrons. The Hall–Kier alpha value is -1.72.